The molecule has 1 aliphatic heterocycles. The van der Waals surface area contributed by atoms with E-state index in [4.69, 9.17) is 0 Å². The number of hydrogen-bond acceptors (Lipinski definition) is 3. The largest absolute Gasteiger partial charge is 0.340 e. The van der Waals surface area contributed by atoms with E-state index in [1.54, 1.807) is 18.7 Å². The van der Waals surface area contributed by atoms with Crippen LogP contribution in [0.25, 0.3) is 0 Å². The fourth-order valence-corrected chi connectivity index (χ4v) is 5.12. The van der Waals surface area contributed by atoms with Gasteiger partial charge in [-0.15, -0.1) is 0 Å². The SMILES string of the molecule is CC1CN(C(=O)C2CC(C)(C(C)(C)C)C2)CC(C)S1(=O)=O. The van der Waals surface area contributed by atoms with Crippen LogP contribution in [0.3, 0.4) is 0 Å². The van der Waals surface area contributed by atoms with Gasteiger partial charge in [-0.25, -0.2) is 8.42 Å². The maximum Gasteiger partial charge on any atom is 0.225 e. The van der Waals surface area contributed by atoms with E-state index in [9.17, 15) is 13.2 Å². The molecule has 0 N–H and O–H groups in total. The molecule has 4 nitrogen and oxygen atoms in total. The highest BCUT2D eigenvalue weighted by Crippen LogP contribution is 2.56. The van der Waals surface area contributed by atoms with Crippen molar-refractivity contribution in [3.63, 3.8) is 0 Å². The third-order valence-electron chi connectivity index (χ3n) is 5.94. The van der Waals surface area contributed by atoms with Gasteiger partial charge < -0.3 is 4.90 Å². The van der Waals surface area contributed by atoms with Crippen LogP contribution in [0.4, 0.5) is 0 Å². The van der Waals surface area contributed by atoms with E-state index in [1.807, 2.05) is 0 Å². The lowest BCUT2D eigenvalue weighted by Gasteiger charge is -2.54. The second kappa shape index (κ2) is 4.97. The topological polar surface area (TPSA) is 54.5 Å². The van der Waals surface area contributed by atoms with E-state index in [1.165, 1.54) is 0 Å². The van der Waals surface area contributed by atoms with Gasteiger partial charge in [-0.2, -0.15) is 0 Å². The highest BCUT2D eigenvalue weighted by Gasteiger charge is 2.52. The van der Waals surface area contributed by atoms with Crippen LogP contribution in [-0.2, 0) is 14.6 Å². The zero-order chi connectivity index (χ0) is 16.2. The highest BCUT2D eigenvalue weighted by atomic mass is 32.2. The molecule has 1 saturated carbocycles. The van der Waals surface area contributed by atoms with Gasteiger partial charge in [-0.1, -0.05) is 27.7 Å². The van der Waals surface area contributed by atoms with Gasteiger partial charge in [-0.3, -0.25) is 4.79 Å². The first-order chi connectivity index (χ1) is 9.38. The second-order valence-corrected chi connectivity index (χ2v) is 11.2. The standard InChI is InChI=1S/C16H29NO3S/c1-11-9-17(10-12(2)21(11,19)20)14(18)13-7-16(6,8-13)15(3,4)5/h11-13H,7-10H2,1-6H3. The molecule has 0 aromatic heterocycles. The number of amides is 1. The van der Waals surface area contributed by atoms with E-state index >= 15 is 0 Å². The molecule has 1 amide bonds. The van der Waals surface area contributed by atoms with Crippen LogP contribution in [-0.4, -0.2) is 42.8 Å². The van der Waals surface area contributed by atoms with Crippen molar-refractivity contribution in [2.45, 2.75) is 64.9 Å². The van der Waals surface area contributed by atoms with E-state index in [0.717, 1.165) is 12.8 Å². The summed E-state index contributed by atoms with van der Waals surface area (Å²) in [6.45, 7) is 13.1. The smallest absolute Gasteiger partial charge is 0.225 e. The third-order valence-corrected chi connectivity index (χ3v) is 8.48. The molecule has 21 heavy (non-hydrogen) atoms. The molecule has 2 rings (SSSR count). The quantitative estimate of drug-likeness (QED) is 0.747. The van der Waals surface area contributed by atoms with Gasteiger partial charge in [0, 0.05) is 19.0 Å². The highest BCUT2D eigenvalue weighted by molar-refractivity contribution is 7.92. The third kappa shape index (κ3) is 2.73. The van der Waals surface area contributed by atoms with Crippen LogP contribution >= 0.6 is 0 Å². The summed E-state index contributed by atoms with van der Waals surface area (Å²) < 4.78 is 24.1. The Morgan fingerprint density at radius 3 is 1.90 bits per heavy atom. The molecule has 0 aromatic carbocycles. The van der Waals surface area contributed by atoms with Crippen molar-refractivity contribution in [1.29, 1.82) is 0 Å². The monoisotopic (exact) mass is 315 g/mol. The lowest BCUT2D eigenvalue weighted by atomic mass is 9.52. The molecule has 1 heterocycles. The molecule has 0 aromatic rings. The normalized spacial score (nSPS) is 39.7. The number of rotatable bonds is 1. The summed E-state index contributed by atoms with van der Waals surface area (Å²) in [6, 6.07) is 0. The molecule has 2 atom stereocenters. The second-order valence-electron chi connectivity index (χ2n) is 8.37. The molecule has 2 unspecified atom stereocenters. The van der Waals surface area contributed by atoms with Gasteiger partial charge in [0.25, 0.3) is 0 Å². The molecule has 2 fully saturated rings. The number of hydrogen-bond donors (Lipinski definition) is 0. The Kier molecular flexibility index (Phi) is 3.97. The van der Waals surface area contributed by atoms with Crippen LogP contribution in [0.5, 0.6) is 0 Å². The summed E-state index contributed by atoms with van der Waals surface area (Å²) in [6.07, 6.45) is 1.84. The molecular formula is C16H29NO3S. The Hall–Kier alpha value is -0.580. The summed E-state index contributed by atoms with van der Waals surface area (Å²) in [5, 5.41) is -0.890. The van der Waals surface area contributed by atoms with E-state index < -0.39 is 20.3 Å². The Balaban J connectivity index is 2.01. The first kappa shape index (κ1) is 16.8. The van der Waals surface area contributed by atoms with E-state index in [-0.39, 0.29) is 22.7 Å². The van der Waals surface area contributed by atoms with Crippen molar-refractivity contribution in [2.24, 2.45) is 16.7 Å². The van der Waals surface area contributed by atoms with Gasteiger partial charge in [0.1, 0.15) is 0 Å². The van der Waals surface area contributed by atoms with Gasteiger partial charge >= 0.3 is 0 Å². The van der Waals surface area contributed by atoms with Gasteiger partial charge in [0.15, 0.2) is 9.84 Å². The molecule has 5 heteroatoms. The Morgan fingerprint density at radius 2 is 1.52 bits per heavy atom. The molecule has 0 radical (unpaired) electrons. The molecule has 0 spiro atoms. The fraction of sp³-hybridized carbons (Fsp3) is 0.938. The summed E-state index contributed by atoms with van der Waals surface area (Å²) in [7, 11) is -3.06. The Morgan fingerprint density at radius 1 is 1.10 bits per heavy atom. The summed E-state index contributed by atoms with van der Waals surface area (Å²) >= 11 is 0. The number of carbonyl (C=O) groups excluding carboxylic acids is 1. The lowest BCUT2D eigenvalue weighted by Crippen LogP contribution is -2.57. The molecule has 1 aliphatic carbocycles. The average Bonchev–Trinajstić information content (AvgIpc) is 2.29. The minimum Gasteiger partial charge on any atom is -0.340 e. The van der Waals surface area contributed by atoms with Crippen molar-refractivity contribution in [1.82, 2.24) is 4.90 Å². The summed E-state index contributed by atoms with van der Waals surface area (Å²) in [5.41, 5.74) is 0.419. The molecule has 2 aliphatic rings. The Labute approximate surface area is 129 Å². The van der Waals surface area contributed by atoms with E-state index in [2.05, 4.69) is 27.7 Å². The van der Waals surface area contributed by atoms with Crippen molar-refractivity contribution >= 4 is 15.7 Å². The number of carbonyl (C=O) groups is 1. The zero-order valence-corrected chi connectivity index (χ0v) is 15.0. The molecule has 0 bridgehead atoms. The zero-order valence-electron chi connectivity index (χ0n) is 14.1. The Bertz CT molecular complexity index is 508. The summed E-state index contributed by atoms with van der Waals surface area (Å²) in [4.78, 5) is 14.4. The molecular weight excluding hydrogens is 286 g/mol. The minimum absolute atomic E-state index is 0.0782. The minimum atomic E-state index is -3.06. The van der Waals surface area contributed by atoms with Crippen LogP contribution in [0.15, 0.2) is 0 Å². The lowest BCUT2D eigenvalue weighted by molar-refractivity contribution is -0.148. The van der Waals surface area contributed by atoms with Crippen molar-refractivity contribution in [3.05, 3.63) is 0 Å². The number of nitrogens with zero attached hydrogens (tertiary/aromatic N) is 1. The predicted molar refractivity (Wildman–Crippen MR) is 84.7 cm³/mol. The molecule has 1 saturated heterocycles. The maximum absolute atomic E-state index is 12.6. The van der Waals surface area contributed by atoms with Crippen LogP contribution in [0.2, 0.25) is 0 Å². The average molecular weight is 315 g/mol. The van der Waals surface area contributed by atoms with Crippen LogP contribution in [0, 0.1) is 16.7 Å². The fourth-order valence-electron chi connectivity index (χ4n) is 3.55. The molecule has 122 valence electrons. The number of sulfone groups is 1. The predicted octanol–water partition coefficient (Wildman–Crippen LogP) is 2.48. The first-order valence-electron chi connectivity index (χ1n) is 7.90. The van der Waals surface area contributed by atoms with Gasteiger partial charge in [0.2, 0.25) is 5.91 Å². The van der Waals surface area contributed by atoms with Crippen LogP contribution < -0.4 is 0 Å². The van der Waals surface area contributed by atoms with Crippen molar-refractivity contribution in [3.8, 4) is 0 Å². The van der Waals surface area contributed by atoms with Crippen molar-refractivity contribution in [2.75, 3.05) is 13.1 Å². The summed E-state index contributed by atoms with van der Waals surface area (Å²) in [5.74, 6) is 0.236. The van der Waals surface area contributed by atoms with E-state index in [0.29, 0.717) is 13.1 Å². The van der Waals surface area contributed by atoms with Crippen molar-refractivity contribution < 1.29 is 13.2 Å². The first-order valence-corrected chi connectivity index (χ1v) is 9.51. The maximum atomic E-state index is 12.6. The van der Waals surface area contributed by atoms with Gasteiger partial charge in [0.05, 0.1) is 10.5 Å². The van der Waals surface area contributed by atoms with Gasteiger partial charge in [-0.05, 0) is 37.5 Å². The van der Waals surface area contributed by atoms with Crippen LogP contribution in [0.1, 0.15) is 54.4 Å².